The molecule has 0 aliphatic heterocycles. The molecule has 1 aromatic carbocycles. The quantitative estimate of drug-likeness (QED) is 0.846. The number of amides is 2. The van der Waals surface area contributed by atoms with Gasteiger partial charge in [-0.2, -0.15) is 11.3 Å². The van der Waals surface area contributed by atoms with E-state index in [9.17, 15) is 14.7 Å². The predicted octanol–water partition coefficient (Wildman–Crippen LogP) is 2.58. The summed E-state index contributed by atoms with van der Waals surface area (Å²) in [4.78, 5) is 26.3. The van der Waals surface area contributed by atoms with Crippen molar-refractivity contribution in [1.29, 1.82) is 0 Å². The van der Waals surface area contributed by atoms with Gasteiger partial charge < -0.3 is 15.3 Å². The third-order valence-corrected chi connectivity index (χ3v) is 4.85. The number of hydrogen-bond donors (Lipinski definition) is 2. The Balaban J connectivity index is 1.69. The topological polar surface area (TPSA) is 69.6 Å². The van der Waals surface area contributed by atoms with Crippen molar-refractivity contribution in [2.45, 2.75) is 18.9 Å². The molecule has 1 heterocycles. The van der Waals surface area contributed by atoms with Gasteiger partial charge in [0.1, 0.15) is 0 Å². The number of aliphatic hydroxyl groups is 1. The number of carbonyl (C=O) groups excluding carboxylic acids is 2. The molecule has 1 fully saturated rings. The Bertz CT molecular complexity index is 726. The number of hydrogen-bond acceptors (Lipinski definition) is 4. The highest BCUT2D eigenvalue weighted by Gasteiger charge is 2.33. The summed E-state index contributed by atoms with van der Waals surface area (Å²) < 4.78 is 0. The van der Waals surface area contributed by atoms with Gasteiger partial charge in [-0.15, -0.1) is 0 Å². The lowest BCUT2D eigenvalue weighted by Crippen LogP contribution is -2.33. The van der Waals surface area contributed by atoms with Crippen LogP contribution in [-0.4, -0.2) is 30.5 Å². The van der Waals surface area contributed by atoms with E-state index in [1.807, 2.05) is 22.9 Å². The molecular formula is C18H20N2O3S. The van der Waals surface area contributed by atoms with Crippen molar-refractivity contribution in [1.82, 2.24) is 5.32 Å². The molecule has 6 heteroatoms. The summed E-state index contributed by atoms with van der Waals surface area (Å²) in [6.45, 7) is 0.129. The van der Waals surface area contributed by atoms with Crippen molar-refractivity contribution in [2.24, 2.45) is 5.92 Å². The normalized spacial score (nSPS) is 14.9. The second kappa shape index (κ2) is 7.15. The van der Waals surface area contributed by atoms with E-state index in [-0.39, 0.29) is 24.3 Å². The zero-order chi connectivity index (χ0) is 17.1. The largest absolute Gasteiger partial charge is 0.387 e. The Labute approximate surface area is 144 Å². The Morgan fingerprint density at radius 1 is 1.33 bits per heavy atom. The number of carbonyl (C=O) groups is 2. The summed E-state index contributed by atoms with van der Waals surface area (Å²) in [7, 11) is 1.70. The zero-order valence-electron chi connectivity index (χ0n) is 13.4. The molecule has 1 saturated carbocycles. The zero-order valence-corrected chi connectivity index (χ0v) is 14.3. The van der Waals surface area contributed by atoms with Gasteiger partial charge in [-0.05, 0) is 47.4 Å². The molecule has 0 radical (unpaired) electrons. The van der Waals surface area contributed by atoms with Crippen molar-refractivity contribution < 1.29 is 14.7 Å². The molecule has 0 spiro atoms. The van der Waals surface area contributed by atoms with Crippen molar-refractivity contribution in [2.75, 3.05) is 18.5 Å². The highest BCUT2D eigenvalue weighted by atomic mass is 32.1. The van der Waals surface area contributed by atoms with Gasteiger partial charge in [-0.25, -0.2) is 0 Å². The second-order valence-electron chi connectivity index (χ2n) is 5.97. The van der Waals surface area contributed by atoms with Crippen LogP contribution in [0.3, 0.4) is 0 Å². The van der Waals surface area contributed by atoms with E-state index >= 15 is 0 Å². The highest BCUT2D eigenvalue weighted by Crippen LogP contribution is 2.33. The smallest absolute Gasteiger partial charge is 0.253 e. The van der Waals surface area contributed by atoms with Crippen LogP contribution in [-0.2, 0) is 4.79 Å². The van der Waals surface area contributed by atoms with E-state index in [4.69, 9.17) is 0 Å². The Kier molecular flexibility index (Phi) is 4.97. The lowest BCUT2D eigenvalue weighted by atomic mass is 10.1. The van der Waals surface area contributed by atoms with Crippen LogP contribution in [0.1, 0.15) is 34.9 Å². The van der Waals surface area contributed by atoms with Crippen LogP contribution in [0.15, 0.2) is 41.1 Å². The maximum atomic E-state index is 12.5. The van der Waals surface area contributed by atoms with E-state index in [1.54, 1.807) is 30.1 Å². The lowest BCUT2D eigenvalue weighted by Gasteiger charge is -2.20. The van der Waals surface area contributed by atoms with Gasteiger partial charge in [0.15, 0.2) is 0 Å². The lowest BCUT2D eigenvalue weighted by molar-refractivity contribution is -0.119. The molecule has 0 saturated heterocycles. The summed E-state index contributed by atoms with van der Waals surface area (Å²) in [5.41, 5.74) is 1.82. The minimum Gasteiger partial charge on any atom is -0.387 e. The minimum absolute atomic E-state index is 0.0496. The number of thiophene rings is 1. The molecule has 2 N–H and O–H groups in total. The van der Waals surface area contributed by atoms with Crippen LogP contribution in [0.4, 0.5) is 5.69 Å². The maximum absolute atomic E-state index is 12.5. The number of nitrogens with zero attached hydrogens (tertiary/aromatic N) is 1. The van der Waals surface area contributed by atoms with E-state index < -0.39 is 6.10 Å². The molecule has 1 aliphatic carbocycles. The fourth-order valence-corrected chi connectivity index (χ4v) is 3.26. The molecule has 1 aliphatic rings. The van der Waals surface area contributed by atoms with Crippen LogP contribution >= 0.6 is 11.3 Å². The first-order chi connectivity index (χ1) is 11.6. The Hall–Kier alpha value is -2.18. The number of anilines is 1. The van der Waals surface area contributed by atoms with E-state index in [0.29, 0.717) is 11.3 Å². The molecule has 1 atom stereocenters. The Morgan fingerprint density at radius 3 is 2.75 bits per heavy atom. The molecule has 1 aromatic heterocycles. The van der Waals surface area contributed by atoms with E-state index in [2.05, 4.69) is 5.32 Å². The summed E-state index contributed by atoms with van der Waals surface area (Å²) in [5, 5.41) is 16.6. The highest BCUT2D eigenvalue weighted by molar-refractivity contribution is 7.07. The molecule has 0 bridgehead atoms. The summed E-state index contributed by atoms with van der Waals surface area (Å²) >= 11 is 1.50. The van der Waals surface area contributed by atoms with Gasteiger partial charge in [0, 0.05) is 19.5 Å². The molecule has 2 aromatic rings. The molecule has 3 rings (SSSR count). The van der Waals surface area contributed by atoms with Crippen LogP contribution in [0.2, 0.25) is 0 Å². The number of nitrogens with one attached hydrogen (secondary N) is 1. The first kappa shape index (κ1) is 16.7. The number of aliphatic hydroxyl groups excluding tert-OH is 1. The van der Waals surface area contributed by atoms with Crippen molar-refractivity contribution >= 4 is 28.8 Å². The first-order valence-corrected chi connectivity index (χ1v) is 8.87. The predicted molar refractivity (Wildman–Crippen MR) is 94.2 cm³/mol. The standard InChI is InChI=1S/C18H20N2O3S/c1-20(18(23)12-6-7-12)15-5-3-2-4-14(15)17(22)19-10-16(21)13-8-9-24-11-13/h2-5,8-9,11-12,16,21H,6-7,10H2,1H3,(H,19,22). The Morgan fingerprint density at radius 2 is 2.08 bits per heavy atom. The maximum Gasteiger partial charge on any atom is 0.253 e. The molecule has 1 unspecified atom stereocenters. The van der Waals surface area contributed by atoms with Gasteiger partial charge in [0.05, 0.1) is 17.4 Å². The molecular weight excluding hydrogens is 324 g/mol. The SMILES string of the molecule is CN(C(=O)C1CC1)c1ccccc1C(=O)NCC(O)c1ccsc1. The van der Waals surface area contributed by atoms with E-state index in [0.717, 1.165) is 18.4 Å². The third kappa shape index (κ3) is 3.66. The number of benzene rings is 1. The molecule has 5 nitrogen and oxygen atoms in total. The minimum atomic E-state index is -0.738. The fraction of sp³-hybridized carbons (Fsp3) is 0.333. The summed E-state index contributed by atoms with van der Waals surface area (Å²) in [5.74, 6) is -0.157. The summed E-state index contributed by atoms with van der Waals surface area (Å²) in [6, 6.07) is 8.87. The van der Waals surface area contributed by atoms with Gasteiger partial charge in [0.25, 0.3) is 5.91 Å². The van der Waals surface area contributed by atoms with Crippen LogP contribution in [0, 0.1) is 5.92 Å². The average Bonchev–Trinajstić information content (AvgIpc) is 3.32. The van der Waals surface area contributed by atoms with E-state index in [1.165, 1.54) is 11.3 Å². The van der Waals surface area contributed by atoms with Gasteiger partial charge in [0.2, 0.25) is 5.91 Å². The monoisotopic (exact) mass is 344 g/mol. The molecule has 24 heavy (non-hydrogen) atoms. The number of para-hydroxylation sites is 1. The molecule has 2 amide bonds. The number of rotatable bonds is 6. The van der Waals surface area contributed by atoms with Gasteiger partial charge in [-0.3, -0.25) is 9.59 Å². The van der Waals surface area contributed by atoms with Crippen LogP contribution < -0.4 is 10.2 Å². The van der Waals surface area contributed by atoms with Gasteiger partial charge in [-0.1, -0.05) is 12.1 Å². The van der Waals surface area contributed by atoms with Crippen LogP contribution in [0.5, 0.6) is 0 Å². The first-order valence-electron chi connectivity index (χ1n) is 7.93. The van der Waals surface area contributed by atoms with Gasteiger partial charge >= 0.3 is 0 Å². The van der Waals surface area contributed by atoms with Crippen molar-refractivity contribution in [3.63, 3.8) is 0 Å². The fourth-order valence-electron chi connectivity index (χ4n) is 2.55. The average molecular weight is 344 g/mol. The van der Waals surface area contributed by atoms with Crippen molar-refractivity contribution in [3.8, 4) is 0 Å². The van der Waals surface area contributed by atoms with Crippen LogP contribution in [0.25, 0.3) is 0 Å². The van der Waals surface area contributed by atoms with Crippen molar-refractivity contribution in [3.05, 3.63) is 52.2 Å². The molecule has 126 valence electrons. The second-order valence-corrected chi connectivity index (χ2v) is 6.75. The third-order valence-electron chi connectivity index (χ3n) is 4.15. The summed E-state index contributed by atoms with van der Waals surface area (Å²) in [6.07, 6.45) is 1.10.